The first-order valence-corrected chi connectivity index (χ1v) is 12.6. The van der Waals surface area contributed by atoms with Crippen LogP contribution in [0.25, 0.3) is 10.9 Å². The van der Waals surface area contributed by atoms with Crippen molar-refractivity contribution in [2.75, 3.05) is 0 Å². The summed E-state index contributed by atoms with van der Waals surface area (Å²) >= 11 is 0. The maximum absolute atomic E-state index is 14.0. The van der Waals surface area contributed by atoms with Gasteiger partial charge in [-0.2, -0.15) is 0 Å². The predicted octanol–water partition coefficient (Wildman–Crippen LogP) is 5.66. The van der Waals surface area contributed by atoms with Gasteiger partial charge in [0.05, 0.1) is 12.1 Å². The van der Waals surface area contributed by atoms with Crippen molar-refractivity contribution in [2.24, 2.45) is 29.7 Å². The quantitative estimate of drug-likeness (QED) is 0.623. The summed E-state index contributed by atoms with van der Waals surface area (Å²) in [7, 11) is 1.85. The van der Waals surface area contributed by atoms with Crippen molar-refractivity contribution in [3.63, 3.8) is 0 Å². The summed E-state index contributed by atoms with van der Waals surface area (Å²) in [6, 6.07) is 10.3. The molecule has 3 atom stereocenters. The van der Waals surface area contributed by atoms with E-state index in [0.29, 0.717) is 18.4 Å². The SMILES string of the molecule is Cn1c(=O)c(CN(C(=O)C2CCCCC2)C2CC3CCC2(C)C3(C)C)cc2ccccc21. The number of carbonyl (C=O) groups excluding carboxylic acids is 1. The lowest BCUT2D eigenvalue weighted by Crippen LogP contribution is -2.51. The molecule has 1 aromatic carbocycles. The fraction of sp³-hybridized carbons (Fsp3) is 0.643. The maximum atomic E-state index is 14.0. The van der Waals surface area contributed by atoms with E-state index in [9.17, 15) is 9.59 Å². The van der Waals surface area contributed by atoms with Crippen LogP contribution < -0.4 is 5.56 Å². The molecule has 3 aliphatic carbocycles. The Kier molecular flexibility index (Phi) is 5.26. The lowest BCUT2D eigenvalue weighted by molar-refractivity contribution is -0.143. The summed E-state index contributed by atoms with van der Waals surface area (Å²) in [5.41, 5.74) is 2.07. The number of para-hydroxylation sites is 1. The molecule has 2 bridgehead atoms. The molecule has 0 spiro atoms. The molecule has 3 fully saturated rings. The number of aromatic nitrogens is 1. The highest BCUT2D eigenvalue weighted by atomic mass is 16.2. The van der Waals surface area contributed by atoms with Crippen LogP contribution in [0.3, 0.4) is 0 Å². The highest BCUT2D eigenvalue weighted by molar-refractivity contribution is 5.81. The summed E-state index contributed by atoms with van der Waals surface area (Å²) in [5, 5.41) is 1.06. The van der Waals surface area contributed by atoms with Crippen LogP contribution in [0.1, 0.15) is 77.7 Å². The van der Waals surface area contributed by atoms with Crippen LogP contribution >= 0.6 is 0 Å². The van der Waals surface area contributed by atoms with Crippen LogP contribution in [-0.2, 0) is 18.4 Å². The van der Waals surface area contributed by atoms with Gasteiger partial charge in [-0.25, -0.2) is 0 Å². The Balaban J connectivity index is 1.55. The monoisotopic (exact) mass is 434 g/mol. The first-order chi connectivity index (χ1) is 15.2. The normalized spacial score (nSPS) is 29.5. The topological polar surface area (TPSA) is 42.3 Å². The Morgan fingerprint density at radius 2 is 1.81 bits per heavy atom. The van der Waals surface area contributed by atoms with E-state index in [1.54, 1.807) is 4.57 Å². The van der Waals surface area contributed by atoms with E-state index in [2.05, 4.69) is 31.7 Å². The Morgan fingerprint density at radius 3 is 2.47 bits per heavy atom. The highest BCUT2D eigenvalue weighted by Crippen LogP contribution is 2.66. The van der Waals surface area contributed by atoms with E-state index in [1.165, 1.54) is 19.3 Å². The molecular formula is C28H38N2O2. The zero-order valence-electron chi connectivity index (χ0n) is 20.2. The van der Waals surface area contributed by atoms with Crippen LogP contribution in [0.2, 0.25) is 0 Å². The van der Waals surface area contributed by atoms with E-state index in [0.717, 1.165) is 48.6 Å². The second-order valence-corrected chi connectivity index (χ2v) is 11.5. The standard InChI is InChI=1S/C28H38N2O2/c1-27(2)22-14-15-28(27,3)24(17-22)30(26(32)19-10-6-5-7-11-19)18-21-16-20-12-8-9-13-23(20)29(4)25(21)31/h8-9,12-13,16,19,22,24H,5-7,10-11,14-15,17-18H2,1-4H3. The van der Waals surface area contributed by atoms with Crippen LogP contribution in [0.5, 0.6) is 0 Å². The number of amides is 1. The molecule has 0 N–H and O–H groups in total. The number of pyridine rings is 1. The van der Waals surface area contributed by atoms with Gasteiger partial charge < -0.3 is 9.47 Å². The highest BCUT2D eigenvalue weighted by Gasteiger charge is 2.63. The molecule has 5 rings (SSSR count). The van der Waals surface area contributed by atoms with Crippen molar-refractivity contribution in [1.29, 1.82) is 0 Å². The number of aryl methyl sites for hydroxylation is 1. The van der Waals surface area contributed by atoms with Crippen molar-refractivity contribution < 1.29 is 4.79 Å². The van der Waals surface area contributed by atoms with Crippen LogP contribution in [0.15, 0.2) is 35.1 Å². The summed E-state index contributed by atoms with van der Waals surface area (Å²) in [5.74, 6) is 1.09. The number of hydrogen-bond acceptors (Lipinski definition) is 2. The third-order valence-corrected chi connectivity index (χ3v) is 9.91. The summed E-state index contributed by atoms with van der Waals surface area (Å²) < 4.78 is 1.75. The Hall–Kier alpha value is -2.10. The number of carbonyl (C=O) groups is 1. The third-order valence-electron chi connectivity index (χ3n) is 9.91. The van der Waals surface area contributed by atoms with Crippen LogP contribution in [-0.4, -0.2) is 21.4 Å². The molecule has 1 amide bonds. The second kappa shape index (κ2) is 7.74. The summed E-state index contributed by atoms with van der Waals surface area (Å²) in [6.07, 6.45) is 9.07. The number of rotatable bonds is 4. The van der Waals surface area contributed by atoms with Gasteiger partial charge in [-0.3, -0.25) is 9.59 Å². The van der Waals surface area contributed by atoms with E-state index in [1.807, 2.05) is 31.3 Å². The minimum Gasteiger partial charge on any atom is -0.334 e. The fourth-order valence-corrected chi connectivity index (χ4v) is 7.34. The van der Waals surface area contributed by atoms with Crippen molar-refractivity contribution in [3.8, 4) is 0 Å². The molecule has 2 aromatic rings. The fourth-order valence-electron chi connectivity index (χ4n) is 7.34. The molecule has 0 aliphatic heterocycles. The molecule has 1 heterocycles. The van der Waals surface area contributed by atoms with E-state index >= 15 is 0 Å². The van der Waals surface area contributed by atoms with Gasteiger partial charge in [0.25, 0.3) is 5.56 Å². The van der Waals surface area contributed by atoms with Crippen LogP contribution in [0.4, 0.5) is 0 Å². The van der Waals surface area contributed by atoms with Gasteiger partial charge >= 0.3 is 0 Å². The van der Waals surface area contributed by atoms with Crippen molar-refractivity contribution in [2.45, 2.75) is 84.7 Å². The average Bonchev–Trinajstić information content (AvgIpc) is 3.14. The molecule has 3 saturated carbocycles. The zero-order valence-corrected chi connectivity index (χ0v) is 20.2. The Bertz CT molecular complexity index is 1090. The van der Waals surface area contributed by atoms with Gasteiger partial charge in [-0.15, -0.1) is 0 Å². The maximum Gasteiger partial charge on any atom is 0.255 e. The second-order valence-electron chi connectivity index (χ2n) is 11.5. The van der Waals surface area contributed by atoms with Crippen molar-refractivity contribution in [1.82, 2.24) is 9.47 Å². The molecule has 3 aliphatic rings. The summed E-state index contributed by atoms with van der Waals surface area (Å²) in [4.78, 5) is 29.5. The lowest BCUT2D eigenvalue weighted by Gasteiger charge is -2.45. The minimum atomic E-state index is 0.0257. The first-order valence-electron chi connectivity index (χ1n) is 12.6. The molecule has 1 aromatic heterocycles. The summed E-state index contributed by atoms with van der Waals surface area (Å²) in [6.45, 7) is 7.66. The molecule has 4 heteroatoms. The minimum absolute atomic E-state index is 0.0257. The molecule has 32 heavy (non-hydrogen) atoms. The Morgan fingerprint density at radius 1 is 1.09 bits per heavy atom. The molecule has 0 radical (unpaired) electrons. The van der Waals surface area contributed by atoms with Gasteiger partial charge in [0.2, 0.25) is 5.91 Å². The van der Waals surface area contributed by atoms with Gasteiger partial charge in [0, 0.05) is 24.6 Å². The predicted molar refractivity (Wildman–Crippen MR) is 129 cm³/mol. The average molecular weight is 435 g/mol. The molecule has 4 nitrogen and oxygen atoms in total. The van der Waals surface area contributed by atoms with Crippen LogP contribution in [0, 0.1) is 22.7 Å². The van der Waals surface area contributed by atoms with Gasteiger partial charge in [-0.05, 0) is 66.4 Å². The molecule has 0 saturated heterocycles. The Labute approximate surface area is 192 Å². The van der Waals surface area contributed by atoms with Gasteiger partial charge in [0.15, 0.2) is 0 Å². The zero-order chi connectivity index (χ0) is 22.7. The van der Waals surface area contributed by atoms with E-state index in [-0.39, 0.29) is 28.3 Å². The number of benzene rings is 1. The molecule has 172 valence electrons. The third kappa shape index (κ3) is 3.16. The molecular weight excluding hydrogens is 396 g/mol. The lowest BCUT2D eigenvalue weighted by atomic mass is 9.68. The first kappa shape index (κ1) is 21.7. The number of nitrogens with zero attached hydrogens (tertiary/aromatic N) is 2. The van der Waals surface area contributed by atoms with Gasteiger partial charge in [0.1, 0.15) is 0 Å². The largest absolute Gasteiger partial charge is 0.334 e. The van der Waals surface area contributed by atoms with Crippen molar-refractivity contribution >= 4 is 16.8 Å². The van der Waals surface area contributed by atoms with Gasteiger partial charge in [-0.1, -0.05) is 58.2 Å². The number of fused-ring (bicyclic) bond motifs is 3. The molecule has 3 unspecified atom stereocenters. The van der Waals surface area contributed by atoms with E-state index < -0.39 is 0 Å². The smallest absolute Gasteiger partial charge is 0.255 e. The van der Waals surface area contributed by atoms with Crippen molar-refractivity contribution in [3.05, 3.63) is 46.2 Å². The number of hydrogen-bond donors (Lipinski definition) is 0. The van der Waals surface area contributed by atoms with E-state index in [4.69, 9.17) is 0 Å².